The Labute approximate surface area is 119 Å². The fourth-order valence-corrected chi connectivity index (χ4v) is 3.25. The third kappa shape index (κ3) is 2.49. The lowest BCUT2D eigenvalue weighted by molar-refractivity contribution is -0.0466. The van der Waals surface area contributed by atoms with Gasteiger partial charge in [-0.05, 0) is 41.5 Å². The van der Waals surface area contributed by atoms with E-state index in [4.69, 9.17) is 10.2 Å². The Bertz CT molecular complexity index is 544. The Balaban J connectivity index is 1.80. The fraction of sp³-hybridized carbons (Fsp3) is 0.333. The summed E-state index contributed by atoms with van der Waals surface area (Å²) in [5.41, 5.74) is 5.54. The van der Waals surface area contributed by atoms with Crippen LogP contribution in [-0.2, 0) is 0 Å². The average molecular weight is 268 g/mol. The van der Waals surface area contributed by atoms with E-state index in [9.17, 15) is 0 Å². The first-order valence-electron chi connectivity index (χ1n) is 7.31. The summed E-state index contributed by atoms with van der Waals surface area (Å²) in [6, 6.07) is 17.3. The predicted molar refractivity (Wildman–Crippen MR) is 80.4 cm³/mol. The monoisotopic (exact) mass is 268 g/mol. The number of rotatable bonds is 5. The predicted octanol–water partition coefficient (Wildman–Crippen LogP) is 3.67. The van der Waals surface area contributed by atoms with Gasteiger partial charge in [0.1, 0.15) is 0 Å². The van der Waals surface area contributed by atoms with Gasteiger partial charge in [-0.25, -0.2) is 0 Å². The van der Waals surface area contributed by atoms with Crippen molar-refractivity contribution in [2.45, 2.75) is 37.9 Å². The van der Waals surface area contributed by atoms with E-state index in [1.807, 2.05) is 0 Å². The minimum atomic E-state index is -1.17. The molecule has 0 spiro atoms. The standard InChI is InChI=1S/C18H20O2/c19-18(20)12-6-5-11-17-15-9-3-1-7-13(15)14-8-2-4-10-16(14)17/h1-4,7-10,17-20H,5-6,11-12H2. The van der Waals surface area contributed by atoms with Gasteiger partial charge in [0.25, 0.3) is 0 Å². The summed E-state index contributed by atoms with van der Waals surface area (Å²) in [5, 5.41) is 17.8. The Morgan fingerprint density at radius 1 is 0.800 bits per heavy atom. The van der Waals surface area contributed by atoms with Crippen LogP contribution in [0.3, 0.4) is 0 Å². The first-order chi connectivity index (χ1) is 9.77. The zero-order valence-electron chi connectivity index (χ0n) is 11.5. The van der Waals surface area contributed by atoms with Crippen molar-refractivity contribution in [1.82, 2.24) is 0 Å². The van der Waals surface area contributed by atoms with Gasteiger partial charge < -0.3 is 10.2 Å². The van der Waals surface area contributed by atoms with Gasteiger partial charge in [-0.2, -0.15) is 0 Å². The summed E-state index contributed by atoms with van der Waals surface area (Å²) in [4.78, 5) is 0. The molecule has 1 aliphatic rings. The summed E-state index contributed by atoms with van der Waals surface area (Å²) in [6.45, 7) is 0. The molecule has 3 rings (SSSR count). The van der Waals surface area contributed by atoms with E-state index in [2.05, 4.69) is 48.5 Å². The van der Waals surface area contributed by atoms with Crippen molar-refractivity contribution >= 4 is 0 Å². The highest BCUT2D eigenvalue weighted by atomic mass is 16.5. The summed E-state index contributed by atoms with van der Waals surface area (Å²) in [6.07, 6.45) is 2.25. The zero-order chi connectivity index (χ0) is 13.9. The van der Waals surface area contributed by atoms with Gasteiger partial charge in [-0.3, -0.25) is 0 Å². The smallest absolute Gasteiger partial charge is 0.151 e. The number of unbranched alkanes of at least 4 members (excludes halogenated alkanes) is 1. The van der Waals surface area contributed by atoms with Crippen molar-refractivity contribution in [3.63, 3.8) is 0 Å². The van der Waals surface area contributed by atoms with Gasteiger partial charge in [0.05, 0.1) is 0 Å². The molecule has 0 atom stereocenters. The highest BCUT2D eigenvalue weighted by molar-refractivity contribution is 5.78. The van der Waals surface area contributed by atoms with Crippen LogP contribution >= 0.6 is 0 Å². The Kier molecular flexibility index (Phi) is 3.86. The zero-order valence-corrected chi connectivity index (χ0v) is 11.5. The first kappa shape index (κ1) is 13.3. The molecule has 20 heavy (non-hydrogen) atoms. The Hall–Kier alpha value is -1.64. The van der Waals surface area contributed by atoms with Crippen molar-refractivity contribution in [3.05, 3.63) is 59.7 Å². The number of benzene rings is 2. The summed E-state index contributed by atoms with van der Waals surface area (Å²) < 4.78 is 0. The molecule has 0 unspecified atom stereocenters. The van der Waals surface area contributed by atoms with Crippen LogP contribution in [0.15, 0.2) is 48.5 Å². The molecule has 2 heteroatoms. The molecule has 0 amide bonds. The number of aliphatic hydroxyl groups excluding tert-OH is 1. The van der Waals surface area contributed by atoms with Crippen molar-refractivity contribution in [3.8, 4) is 11.1 Å². The van der Waals surface area contributed by atoms with Crippen LogP contribution in [0.5, 0.6) is 0 Å². The molecule has 2 aromatic rings. The lowest BCUT2D eigenvalue weighted by atomic mass is 9.91. The molecule has 2 nitrogen and oxygen atoms in total. The van der Waals surface area contributed by atoms with Gasteiger partial charge >= 0.3 is 0 Å². The van der Waals surface area contributed by atoms with Crippen LogP contribution in [-0.4, -0.2) is 16.5 Å². The van der Waals surface area contributed by atoms with Crippen LogP contribution in [0.4, 0.5) is 0 Å². The van der Waals surface area contributed by atoms with E-state index < -0.39 is 6.29 Å². The van der Waals surface area contributed by atoms with Crippen LogP contribution in [0.1, 0.15) is 42.7 Å². The average Bonchev–Trinajstić information content (AvgIpc) is 2.78. The highest BCUT2D eigenvalue weighted by Crippen LogP contribution is 2.46. The number of hydrogen-bond acceptors (Lipinski definition) is 2. The first-order valence-corrected chi connectivity index (χ1v) is 7.31. The Morgan fingerprint density at radius 3 is 1.90 bits per heavy atom. The van der Waals surface area contributed by atoms with E-state index >= 15 is 0 Å². The normalized spacial score (nSPS) is 13.6. The highest BCUT2D eigenvalue weighted by Gasteiger charge is 2.27. The second kappa shape index (κ2) is 5.78. The van der Waals surface area contributed by atoms with E-state index in [1.165, 1.54) is 22.3 Å². The van der Waals surface area contributed by atoms with Crippen LogP contribution in [0, 0.1) is 0 Å². The lowest BCUT2D eigenvalue weighted by Crippen LogP contribution is -2.04. The van der Waals surface area contributed by atoms with Crippen LogP contribution in [0.2, 0.25) is 0 Å². The fourth-order valence-electron chi connectivity index (χ4n) is 3.25. The summed E-state index contributed by atoms with van der Waals surface area (Å²) in [5.74, 6) is 0.457. The minimum Gasteiger partial charge on any atom is -0.368 e. The van der Waals surface area contributed by atoms with E-state index in [-0.39, 0.29) is 0 Å². The molecule has 0 radical (unpaired) electrons. The van der Waals surface area contributed by atoms with Gasteiger partial charge in [0, 0.05) is 5.92 Å². The summed E-state index contributed by atoms with van der Waals surface area (Å²) in [7, 11) is 0. The van der Waals surface area contributed by atoms with E-state index in [0.29, 0.717) is 12.3 Å². The molecular weight excluding hydrogens is 248 g/mol. The second-order valence-corrected chi connectivity index (χ2v) is 5.49. The molecule has 2 aromatic carbocycles. The van der Waals surface area contributed by atoms with E-state index in [1.54, 1.807) is 0 Å². The quantitative estimate of drug-likeness (QED) is 0.641. The molecule has 0 bridgehead atoms. The van der Waals surface area contributed by atoms with Crippen molar-refractivity contribution in [1.29, 1.82) is 0 Å². The maximum atomic E-state index is 8.92. The van der Waals surface area contributed by atoms with Gasteiger partial charge in [0.2, 0.25) is 0 Å². The minimum absolute atomic E-state index is 0.457. The van der Waals surface area contributed by atoms with E-state index in [0.717, 1.165) is 19.3 Å². The SMILES string of the molecule is OC(O)CCCCC1c2ccccc2-c2ccccc21. The number of aliphatic hydroxyl groups is 2. The largest absolute Gasteiger partial charge is 0.368 e. The number of fused-ring (bicyclic) bond motifs is 3. The van der Waals surface area contributed by atoms with Gasteiger partial charge in [-0.15, -0.1) is 0 Å². The molecule has 0 fully saturated rings. The van der Waals surface area contributed by atoms with Crippen LogP contribution < -0.4 is 0 Å². The van der Waals surface area contributed by atoms with Crippen molar-refractivity contribution < 1.29 is 10.2 Å². The third-order valence-corrected chi connectivity index (χ3v) is 4.17. The topological polar surface area (TPSA) is 40.5 Å². The Morgan fingerprint density at radius 2 is 1.35 bits per heavy atom. The third-order valence-electron chi connectivity index (χ3n) is 4.17. The molecule has 104 valence electrons. The van der Waals surface area contributed by atoms with Crippen molar-refractivity contribution in [2.24, 2.45) is 0 Å². The molecule has 0 heterocycles. The molecule has 1 aliphatic carbocycles. The lowest BCUT2D eigenvalue weighted by Gasteiger charge is -2.13. The number of hydrogen-bond donors (Lipinski definition) is 2. The molecule has 0 aliphatic heterocycles. The van der Waals surface area contributed by atoms with Gasteiger partial charge in [-0.1, -0.05) is 55.0 Å². The maximum Gasteiger partial charge on any atom is 0.151 e. The van der Waals surface area contributed by atoms with Crippen molar-refractivity contribution in [2.75, 3.05) is 0 Å². The molecule has 0 saturated carbocycles. The molecular formula is C18H20O2. The molecule has 0 saturated heterocycles. The molecule has 2 N–H and O–H groups in total. The second-order valence-electron chi connectivity index (χ2n) is 5.49. The van der Waals surface area contributed by atoms with Gasteiger partial charge in [0.15, 0.2) is 6.29 Å². The maximum absolute atomic E-state index is 8.92. The summed E-state index contributed by atoms with van der Waals surface area (Å²) >= 11 is 0. The van der Waals surface area contributed by atoms with Crippen LogP contribution in [0.25, 0.3) is 11.1 Å². The molecule has 0 aromatic heterocycles.